The van der Waals surface area contributed by atoms with Crippen LogP contribution in [-0.2, 0) is 11.3 Å². The number of nitrogens with two attached hydrogens (primary N) is 1. The Labute approximate surface area is 117 Å². The van der Waals surface area contributed by atoms with Crippen molar-refractivity contribution in [3.8, 4) is 0 Å². The molecule has 1 aromatic heterocycles. The standard InChI is InChI=1S/C13H19N5O2/c1-8(13(19)17-10-2-3-10)16-7-9-4-5-15-11(6-9)12(14)18-20/h4-6,8,10,16,20H,2-3,7H2,1H3,(H2,14,18)(H,17,19). The molecule has 1 aromatic rings. The van der Waals surface area contributed by atoms with Crippen LogP contribution >= 0.6 is 0 Å². The highest BCUT2D eigenvalue weighted by Crippen LogP contribution is 2.18. The SMILES string of the molecule is CC(NCc1ccnc(/C(N)=N/O)c1)C(=O)NC1CC1. The minimum absolute atomic E-state index is 0.0122. The van der Waals surface area contributed by atoms with Crippen LogP contribution in [0.1, 0.15) is 31.0 Å². The number of amides is 1. The van der Waals surface area contributed by atoms with Crippen LogP contribution in [0.4, 0.5) is 0 Å². The highest BCUT2D eigenvalue weighted by Gasteiger charge is 2.25. The third kappa shape index (κ3) is 3.92. The fourth-order valence-electron chi connectivity index (χ4n) is 1.69. The lowest BCUT2D eigenvalue weighted by Crippen LogP contribution is -2.42. The molecule has 1 fully saturated rings. The molecule has 1 atom stereocenters. The summed E-state index contributed by atoms with van der Waals surface area (Å²) < 4.78 is 0. The van der Waals surface area contributed by atoms with Crippen molar-refractivity contribution in [1.82, 2.24) is 15.6 Å². The number of aromatic nitrogens is 1. The lowest BCUT2D eigenvalue weighted by molar-refractivity contribution is -0.122. The lowest BCUT2D eigenvalue weighted by Gasteiger charge is -2.14. The van der Waals surface area contributed by atoms with Gasteiger partial charge in [0, 0.05) is 18.8 Å². The summed E-state index contributed by atoms with van der Waals surface area (Å²) >= 11 is 0. The van der Waals surface area contributed by atoms with Gasteiger partial charge in [-0.3, -0.25) is 9.78 Å². The van der Waals surface area contributed by atoms with Gasteiger partial charge in [-0.05, 0) is 37.5 Å². The van der Waals surface area contributed by atoms with Crippen LogP contribution in [0, 0.1) is 0 Å². The van der Waals surface area contributed by atoms with Crippen LogP contribution in [0.15, 0.2) is 23.5 Å². The van der Waals surface area contributed by atoms with Gasteiger partial charge >= 0.3 is 0 Å². The molecule has 0 saturated heterocycles. The molecule has 1 aliphatic carbocycles. The number of rotatable bonds is 6. The Morgan fingerprint density at radius 2 is 2.40 bits per heavy atom. The van der Waals surface area contributed by atoms with Gasteiger partial charge in [0.2, 0.25) is 5.91 Å². The van der Waals surface area contributed by atoms with E-state index < -0.39 is 0 Å². The van der Waals surface area contributed by atoms with E-state index in [0.29, 0.717) is 18.3 Å². The number of pyridine rings is 1. The second-order valence-corrected chi connectivity index (χ2v) is 4.92. The molecule has 1 unspecified atom stereocenters. The van der Waals surface area contributed by atoms with Gasteiger partial charge in [-0.15, -0.1) is 0 Å². The fraction of sp³-hybridized carbons (Fsp3) is 0.462. The van der Waals surface area contributed by atoms with E-state index in [4.69, 9.17) is 10.9 Å². The predicted molar refractivity (Wildman–Crippen MR) is 74.2 cm³/mol. The number of carbonyl (C=O) groups is 1. The second kappa shape index (κ2) is 6.33. The first-order valence-electron chi connectivity index (χ1n) is 6.56. The van der Waals surface area contributed by atoms with Crippen LogP contribution in [-0.4, -0.2) is 34.0 Å². The van der Waals surface area contributed by atoms with Gasteiger partial charge in [-0.25, -0.2) is 0 Å². The maximum Gasteiger partial charge on any atom is 0.237 e. The van der Waals surface area contributed by atoms with Gasteiger partial charge in [-0.1, -0.05) is 5.16 Å². The van der Waals surface area contributed by atoms with Gasteiger partial charge in [-0.2, -0.15) is 0 Å². The zero-order valence-electron chi connectivity index (χ0n) is 11.3. The molecule has 0 aromatic carbocycles. The summed E-state index contributed by atoms with van der Waals surface area (Å²) in [6, 6.07) is 3.62. The Morgan fingerprint density at radius 3 is 3.05 bits per heavy atom. The normalized spacial score (nSPS) is 16.8. The molecule has 1 amide bonds. The number of amidine groups is 1. The van der Waals surface area contributed by atoms with E-state index in [9.17, 15) is 4.79 Å². The summed E-state index contributed by atoms with van der Waals surface area (Å²) in [5, 5.41) is 17.6. The summed E-state index contributed by atoms with van der Waals surface area (Å²) in [7, 11) is 0. The number of carbonyl (C=O) groups excluding carboxylic acids is 1. The van der Waals surface area contributed by atoms with Crippen molar-refractivity contribution < 1.29 is 10.0 Å². The number of nitrogens with zero attached hydrogens (tertiary/aromatic N) is 2. The van der Waals surface area contributed by atoms with Gasteiger partial charge in [0.15, 0.2) is 5.84 Å². The minimum atomic E-state index is -0.268. The van der Waals surface area contributed by atoms with Crippen molar-refractivity contribution in [2.24, 2.45) is 10.9 Å². The smallest absolute Gasteiger partial charge is 0.237 e. The summed E-state index contributed by atoms with van der Waals surface area (Å²) in [4.78, 5) is 15.8. The predicted octanol–water partition coefficient (Wildman–Crippen LogP) is -0.0672. The van der Waals surface area contributed by atoms with Crippen LogP contribution in [0.2, 0.25) is 0 Å². The average Bonchev–Trinajstić information content (AvgIpc) is 3.28. The van der Waals surface area contributed by atoms with Crippen LogP contribution in [0.3, 0.4) is 0 Å². The third-order valence-corrected chi connectivity index (χ3v) is 3.12. The Balaban J connectivity index is 1.88. The van der Waals surface area contributed by atoms with Crippen molar-refractivity contribution in [3.05, 3.63) is 29.6 Å². The summed E-state index contributed by atoms with van der Waals surface area (Å²) in [5.41, 5.74) is 6.80. The third-order valence-electron chi connectivity index (χ3n) is 3.12. The quantitative estimate of drug-likeness (QED) is 0.252. The van der Waals surface area contributed by atoms with Crippen molar-refractivity contribution in [2.45, 2.75) is 38.4 Å². The lowest BCUT2D eigenvalue weighted by atomic mass is 10.2. The first kappa shape index (κ1) is 14.3. The van der Waals surface area contributed by atoms with E-state index in [1.54, 1.807) is 12.3 Å². The van der Waals surface area contributed by atoms with Crippen LogP contribution in [0.25, 0.3) is 0 Å². The number of hydrogen-bond acceptors (Lipinski definition) is 5. The fourth-order valence-corrected chi connectivity index (χ4v) is 1.69. The highest BCUT2D eigenvalue weighted by molar-refractivity contribution is 5.95. The number of hydrogen-bond donors (Lipinski definition) is 4. The second-order valence-electron chi connectivity index (χ2n) is 4.92. The van der Waals surface area contributed by atoms with Crippen LogP contribution in [0.5, 0.6) is 0 Å². The molecular weight excluding hydrogens is 258 g/mol. The van der Waals surface area contributed by atoms with Crippen molar-refractivity contribution in [2.75, 3.05) is 0 Å². The van der Waals surface area contributed by atoms with Gasteiger partial charge in [0.25, 0.3) is 0 Å². The Morgan fingerprint density at radius 1 is 1.65 bits per heavy atom. The molecule has 108 valence electrons. The molecule has 0 radical (unpaired) electrons. The largest absolute Gasteiger partial charge is 0.409 e. The van der Waals surface area contributed by atoms with E-state index >= 15 is 0 Å². The minimum Gasteiger partial charge on any atom is -0.409 e. The Hall–Kier alpha value is -2.15. The number of oxime groups is 1. The molecule has 1 saturated carbocycles. The van der Waals surface area contributed by atoms with Crippen molar-refractivity contribution in [1.29, 1.82) is 0 Å². The molecule has 7 heteroatoms. The van der Waals surface area contributed by atoms with E-state index in [-0.39, 0.29) is 17.8 Å². The summed E-state index contributed by atoms with van der Waals surface area (Å²) in [5.74, 6) is -0.0235. The zero-order chi connectivity index (χ0) is 14.5. The van der Waals surface area contributed by atoms with E-state index in [1.807, 2.05) is 13.0 Å². The molecule has 1 heterocycles. The van der Waals surface area contributed by atoms with E-state index in [2.05, 4.69) is 20.8 Å². The van der Waals surface area contributed by atoms with Crippen LogP contribution < -0.4 is 16.4 Å². The molecule has 0 aliphatic heterocycles. The van der Waals surface area contributed by atoms with Crippen molar-refractivity contribution >= 4 is 11.7 Å². The van der Waals surface area contributed by atoms with Gasteiger partial charge in [0.05, 0.1) is 6.04 Å². The average molecular weight is 277 g/mol. The zero-order valence-corrected chi connectivity index (χ0v) is 11.3. The Bertz CT molecular complexity index is 513. The highest BCUT2D eigenvalue weighted by atomic mass is 16.4. The maximum atomic E-state index is 11.8. The molecule has 7 nitrogen and oxygen atoms in total. The maximum absolute atomic E-state index is 11.8. The molecule has 20 heavy (non-hydrogen) atoms. The molecule has 5 N–H and O–H groups in total. The molecule has 0 bridgehead atoms. The molecule has 1 aliphatic rings. The van der Waals surface area contributed by atoms with E-state index in [0.717, 1.165) is 18.4 Å². The number of nitrogens with one attached hydrogen (secondary N) is 2. The first-order chi connectivity index (χ1) is 9.60. The summed E-state index contributed by atoms with van der Waals surface area (Å²) in [6.07, 6.45) is 3.73. The molecule has 0 spiro atoms. The van der Waals surface area contributed by atoms with Crippen molar-refractivity contribution in [3.63, 3.8) is 0 Å². The topological polar surface area (TPSA) is 113 Å². The van der Waals surface area contributed by atoms with Gasteiger partial charge < -0.3 is 21.6 Å². The van der Waals surface area contributed by atoms with Gasteiger partial charge in [0.1, 0.15) is 5.69 Å². The summed E-state index contributed by atoms with van der Waals surface area (Å²) in [6.45, 7) is 2.33. The molecular formula is C13H19N5O2. The monoisotopic (exact) mass is 277 g/mol. The first-order valence-corrected chi connectivity index (χ1v) is 6.56. The Kier molecular flexibility index (Phi) is 4.52. The molecule has 2 rings (SSSR count). The van der Waals surface area contributed by atoms with E-state index in [1.165, 1.54) is 0 Å².